The third kappa shape index (κ3) is 8.66. The molecule has 5 heterocycles. The number of hydrogen-bond donors (Lipinski definition) is 2. The lowest BCUT2D eigenvalue weighted by Crippen LogP contribution is -2.25. The van der Waals surface area contributed by atoms with Crippen molar-refractivity contribution in [2.24, 2.45) is 9.98 Å². The van der Waals surface area contributed by atoms with Gasteiger partial charge in [-0.15, -0.1) is 0 Å². The average molecular weight is 737 g/mol. The summed E-state index contributed by atoms with van der Waals surface area (Å²) in [7, 11) is 0. The van der Waals surface area contributed by atoms with Gasteiger partial charge in [0.1, 0.15) is 0 Å². The molecule has 284 valence electrons. The average Bonchev–Trinajstić information content (AvgIpc) is 4.14. The highest BCUT2D eigenvalue weighted by atomic mass is 15.0. The van der Waals surface area contributed by atoms with E-state index in [4.69, 9.17) is 9.98 Å². The zero-order valence-electron chi connectivity index (χ0n) is 34.3. The fourth-order valence-electron chi connectivity index (χ4n) is 7.17. The van der Waals surface area contributed by atoms with Crippen molar-refractivity contribution in [3.8, 4) is 0 Å². The number of aromatic nitrogens is 1. The van der Waals surface area contributed by atoms with Gasteiger partial charge in [-0.05, 0) is 65.1 Å². The molecule has 1 unspecified atom stereocenters. The SMILES string of the molecule is C1=CC2=C(c3ccccc3)C3=CCC(N3)/C(c3ccccc3)=C3/C=CC(=N3)/C(c3ccccc3)=c3/cc/c([nH]3)=C(\c3ccccc3)C1=N2.CC.CC.CC.CC. The Bertz CT molecular complexity index is 2400. The van der Waals surface area contributed by atoms with E-state index in [1.165, 1.54) is 5.57 Å². The predicted octanol–water partition coefficient (Wildman–Crippen LogP) is 11.6. The highest BCUT2D eigenvalue weighted by molar-refractivity contribution is 6.31. The molecule has 0 aliphatic carbocycles. The van der Waals surface area contributed by atoms with Gasteiger partial charge < -0.3 is 10.3 Å². The first-order valence-corrected chi connectivity index (χ1v) is 20.5. The van der Waals surface area contributed by atoms with Crippen molar-refractivity contribution in [3.05, 3.63) is 214 Å². The summed E-state index contributed by atoms with van der Waals surface area (Å²) in [4.78, 5) is 14.6. The molecule has 0 amide bonds. The highest BCUT2D eigenvalue weighted by Gasteiger charge is 2.29. The number of aromatic amines is 1. The maximum atomic E-state index is 5.39. The third-order valence-electron chi connectivity index (χ3n) is 9.33. The van der Waals surface area contributed by atoms with Crippen LogP contribution in [-0.4, -0.2) is 22.4 Å². The number of aliphatic imine (C=N–C) groups is 2. The van der Waals surface area contributed by atoms with Crippen LogP contribution in [-0.2, 0) is 0 Å². The van der Waals surface area contributed by atoms with E-state index in [1.807, 2.05) is 55.4 Å². The molecule has 0 radical (unpaired) electrons. The highest BCUT2D eigenvalue weighted by Crippen LogP contribution is 2.38. The molecule has 5 aromatic rings. The quantitative estimate of drug-likeness (QED) is 0.190. The summed E-state index contributed by atoms with van der Waals surface area (Å²) in [5.41, 5.74) is 13.8. The minimum absolute atomic E-state index is 0.0370. The minimum atomic E-state index is 0.0370. The molecule has 1 aromatic heterocycles. The van der Waals surface area contributed by atoms with Gasteiger partial charge in [-0.3, -0.25) is 0 Å². The van der Waals surface area contributed by atoms with Crippen molar-refractivity contribution in [2.75, 3.05) is 0 Å². The Labute approximate surface area is 334 Å². The molecule has 4 nitrogen and oxygen atoms in total. The maximum absolute atomic E-state index is 5.39. The zero-order chi connectivity index (χ0) is 39.9. The van der Waals surface area contributed by atoms with Crippen LogP contribution in [0.4, 0.5) is 0 Å². The molecule has 0 fully saturated rings. The zero-order valence-corrected chi connectivity index (χ0v) is 34.3. The molecule has 4 aromatic carbocycles. The van der Waals surface area contributed by atoms with E-state index in [-0.39, 0.29) is 6.04 Å². The predicted molar refractivity (Wildman–Crippen MR) is 243 cm³/mol. The molecule has 0 spiro atoms. The standard InChI is InChI=1S/C44H32N4.4C2H6/c1-5-13-29(14-6-1)41-33-21-23-35(45-33)42(30-15-7-2-8-16-30)37-25-27-39(47-37)44(32-19-11-4-12-20-32)40-28-26-38(48-40)43(31-17-9-3-10-18-31)36-24-22-34(41)46-36;4*1-2/h1-27,40,45,48H,28H2;4*1-2H3/b41-33-,42-35-,43-36?,44-39-;;;;. The van der Waals surface area contributed by atoms with Crippen molar-refractivity contribution < 1.29 is 0 Å². The van der Waals surface area contributed by atoms with Crippen LogP contribution in [0.1, 0.15) is 84.1 Å². The number of allylic oxidation sites excluding steroid dienone is 5. The molecule has 9 rings (SSSR count). The van der Waals surface area contributed by atoms with Crippen molar-refractivity contribution in [1.29, 1.82) is 0 Å². The summed E-state index contributed by atoms with van der Waals surface area (Å²) >= 11 is 0. The molecular weight excluding hydrogens is 681 g/mol. The van der Waals surface area contributed by atoms with Gasteiger partial charge in [-0.2, -0.15) is 0 Å². The maximum Gasteiger partial charge on any atom is 0.0737 e. The van der Waals surface area contributed by atoms with Crippen LogP contribution in [0.15, 0.2) is 191 Å². The molecule has 1 atom stereocenters. The number of hydrogen-bond acceptors (Lipinski definition) is 3. The molecule has 0 saturated heterocycles. The largest absolute Gasteiger partial charge is 0.378 e. The van der Waals surface area contributed by atoms with E-state index in [0.29, 0.717) is 0 Å². The number of rotatable bonds is 4. The summed E-state index contributed by atoms with van der Waals surface area (Å²) in [5.74, 6) is 0. The number of H-pyrrole nitrogens is 1. The molecule has 56 heavy (non-hydrogen) atoms. The normalized spacial score (nSPS) is 19.3. The summed E-state index contributed by atoms with van der Waals surface area (Å²) in [6, 6.07) is 46.7. The van der Waals surface area contributed by atoms with E-state index < -0.39 is 0 Å². The van der Waals surface area contributed by atoms with E-state index in [1.54, 1.807) is 0 Å². The van der Waals surface area contributed by atoms with Crippen LogP contribution in [0.2, 0.25) is 0 Å². The van der Waals surface area contributed by atoms with Gasteiger partial charge in [0.25, 0.3) is 0 Å². The van der Waals surface area contributed by atoms with Gasteiger partial charge in [0.2, 0.25) is 0 Å². The molecule has 0 saturated carbocycles. The first-order valence-electron chi connectivity index (χ1n) is 20.5. The summed E-state index contributed by atoms with van der Waals surface area (Å²) in [6.45, 7) is 16.0. The number of nitrogens with one attached hydrogen (secondary N) is 2. The number of nitrogens with zero attached hydrogens (tertiary/aromatic N) is 2. The van der Waals surface area contributed by atoms with Gasteiger partial charge in [0.05, 0.1) is 28.9 Å². The Balaban J connectivity index is 0.000000707. The summed E-state index contributed by atoms with van der Waals surface area (Å²) in [5, 5.41) is 5.95. The number of benzene rings is 4. The lowest BCUT2D eigenvalue weighted by Gasteiger charge is -2.21. The molecule has 4 heteroatoms. The van der Waals surface area contributed by atoms with Crippen molar-refractivity contribution in [3.63, 3.8) is 0 Å². The first kappa shape index (κ1) is 40.9. The van der Waals surface area contributed by atoms with Gasteiger partial charge in [-0.25, -0.2) is 9.98 Å². The van der Waals surface area contributed by atoms with Gasteiger partial charge in [-0.1, -0.05) is 183 Å². The molecule has 4 aliphatic heterocycles. The third-order valence-corrected chi connectivity index (χ3v) is 9.33. The molecule has 8 bridgehead atoms. The molecular formula is C52H56N4. The van der Waals surface area contributed by atoms with Crippen LogP contribution in [0.25, 0.3) is 22.3 Å². The Hall–Kier alpha value is -6.26. The van der Waals surface area contributed by atoms with Crippen molar-refractivity contribution >= 4 is 33.7 Å². The second-order valence-electron chi connectivity index (χ2n) is 12.3. The summed E-state index contributed by atoms with van der Waals surface area (Å²) in [6.07, 6.45) is 11.8. The van der Waals surface area contributed by atoms with Crippen LogP contribution in [0.5, 0.6) is 0 Å². The van der Waals surface area contributed by atoms with Crippen molar-refractivity contribution in [2.45, 2.75) is 67.9 Å². The summed E-state index contributed by atoms with van der Waals surface area (Å²) < 4.78 is 0. The van der Waals surface area contributed by atoms with Crippen LogP contribution in [0, 0.1) is 0 Å². The topological polar surface area (TPSA) is 52.5 Å². The van der Waals surface area contributed by atoms with E-state index in [2.05, 4.69) is 174 Å². The van der Waals surface area contributed by atoms with Crippen molar-refractivity contribution in [1.82, 2.24) is 10.3 Å². The number of fused-ring (bicyclic) bond motifs is 6. The van der Waals surface area contributed by atoms with Crippen LogP contribution >= 0.6 is 0 Å². The fourth-order valence-corrected chi connectivity index (χ4v) is 7.17. The molecule has 4 aliphatic rings. The van der Waals surface area contributed by atoms with Gasteiger partial charge in [0.15, 0.2) is 0 Å². The van der Waals surface area contributed by atoms with Gasteiger partial charge in [0, 0.05) is 38.7 Å². The van der Waals surface area contributed by atoms with Crippen LogP contribution in [0.3, 0.4) is 0 Å². The van der Waals surface area contributed by atoms with Gasteiger partial charge >= 0.3 is 0 Å². The second-order valence-corrected chi connectivity index (χ2v) is 12.3. The molecule has 2 N–H and O–H groups in total. The smallest absolute Gasteiger partial charge is 0.0737 e. The monoisotopic (exact) mass is 736 g/mol. The Morgan fingerprint density at radius 2 is 0.821 bits per heavy atom. The Morgan fingerprint density at radius 3 is 1.29 bits per heavy atom. The van der Waals surface area contributed by atoms with E-state index in [9.17, 15) is 0 Å². The van der Waals surface area contributed by atoms with E-state index >= 15 is 0 Å². The second kappa shape index (κ2) is 20.4. The minimum Gasteiger partial charge on any atom is -0.378 e. The Morgan fingerprint density at radius 1 is 0.429 bits per heavy atom. The first-order chi connectivity index (χ1) is 27.8. The van der Waals surface area contributed by atoms with Crippen LogP contribution < -0.4 is 16.0 Å². The lowest BCUT2D eigenvalue weighted by molar-refractivity contribution is 0.759. The lowest BCUT2D eigenvalue weighted by atomic mass is 9.95. The Kier molecular flexibility index (Phi) is 14.9. The van der Waals surface area contributed by atoms with E-state index in [0.717, 1.165) is 84.6 Å². The fraction of sp³-hybridized carbons (Fsp3) is 0.192.